The summed E-state index contributed by atoms with van der Waals surface area (Å²) in [6, 6.07) is 16.6. The molecule has 1 aliphatic carbocycles. The number of carbonyl (C=O) groups excluding carboxylic acids is 2. The van der Waals surface area contributed by atoms with Crippen LogP contribution in [0.3, 0.4) is 0 Å². The fourth-order valence-electron chi connectivity index (χ4n) is 4.03. The molecule has 2 aromatic heterocycles. The van der Waals surface area contributed by atoms with Gasteiger partial charge in [0.2, 0.25) is 0 Å². The average molecular weight is 416 g/mol. The Kier molecular flexibility index (Phi) is 4.85. The fraction of sp³-hybridized carbons (Fsp3) is 0.167. The summed E-state index contributed by atoms with van der Waals surface area (Å²) in [7, 11) is 0. The lowest BCUT2D eigenvalue weighted by Crippen LogP contribution is -2.13. The van der Waals surface area contributed by atoms with Crippen molar-refractivity contribution < 1.29 is 9.59 Å². The van der Waals surface area contributed by atoms with Crippen molar-refractivity contribution in [1.82, 2.24) is 4.98 Å². The van der Waals surface area contributed by atoms with E-state index in [1.165, 1.54) is 35.4 Å². The molecule has 0 aliphatic heterocycles. The first-order valence-electron chi connectivity index (χ1n) is 10.1. The summed E-state index contributed by atoms with van der Waals surface area (Å²) in [5, 5.41) is 8.83. The molecule has 2 heterocycles. The van der Waals surface area contributed by atoms with Crippen molar-refractivity contribution in [3.05, 3.63) is 81.7 Å². The Balaban J connectivity index is 1.34. The van der Waals surface area contributed by atoms with Gasteiger partial charge >= 0.3 is 0 Å². The van der Waals surface area contributed by atoms with Crippen LogP contribution in [0.25, 0.3) is 10.9 Å². The van der Waals surface area contributed by atoms with Gasteiger partial charge in [-0.05, 0) is 79.1 Å². The van der Waals surface area contributed by atoms with Crippen LogP contribution in [-0.4, -0.2) is 16.8 Å². The number of thiophene rings is 1. The Bertz CT molecular complexity index is 1240. The molecule has 5 nitrogen and oxygen atoms in total. The van der Waals surface area contributed by atoms with Gasteiger partial charge in [-0.1, -0.05) is 12.1 Å². The van der Waals surface area contributed by atoms with E-state index in [1.807, 2.05) is 41.8 Å². The Morgan fingerprint density at radius 3 is 2.47 bits per heavy atom. The van der Waals surface area contributed by atoms with Crippen molar-refractivity contribution in [2.24, 2.45) is 0 Å². The molecule has 2 aromatic carbocycles. The first-order chi connectivity index (χ1) is 14.7. The number of anilines is 2. The monoisotopic (exact) mass is 415 g/mol. The summed E-state index contributed by atoms with van der Waals surface area (Å²) in [5.74, 6) is -0.319. The number of benzene rings is 2. The van der Waals surface area contributed by atoms with Gasteiger partial charge in [-0.25, -0.2) is 0 Å². The minimum atomic E-state index is -0.163. The van der Waals surface area contributed by atoms with Crippen molar-refractivity contribution in [1.29, 1.82) is 0 Å². The molecule has 0 saturated carbocycles. The van der Waals surface area contributed by atoms with Crippen LogP contribution in [0.5, 0.6) is 0 Å². The number of aromatic amines is 1. The number of nitrogens with one attached hydrogen (secondary N) is 3. The number of H-pyrrole nitrogens is 1. The summed E-state index contributed by atoms with van der Waals surface area (Å²) in [5.41, 5.74) is 5.66. The minimum absolute atomic E-state index is 0.156. The molecule has 0 bridgehead atoms. The number of aryl methyl sites for hydroxylation is 2. The van der Waals surface area contributed by atoms with Gasteiger partial charge < -0.3 is 15.6 Å². The molecule has 0 saturated heterocycles. The Labute approximate surface area is 178 Å². The van der Waals surface area contributed by atoms with Gasteiger partial charge in [0.15, 0.2) is 0 Å². The van der Waals surface area contributed by atoms with Gasteiger partial charge in [-0.15, -0.1) is 11.3 Å². The molecule has 1 aliphatic rings. The molecule has 0 unspecified atom stereocenters. The van der Waals surface area contributed by atoms with E-state index in [0.717, 1.165) is 23.7 Å². The van der Waals surface area contributed by atoms with Crippen molar-refractivity contribution in [3.63, 3.8) is 0 Å². The van der Waals surface area contributed by atoms with E-state index >= 15 is 0 Å². The maximum Gasteiger partial charge on any atom is 0.265 e. The van der Waals surface area contributed by atoms with Gasteiger partial charge in [0.25, 0.3) is 11.8 Å². The van der Waals surface area contributed by atoms with E-state index in [2.05, 4.69) is 15.6 Å². The second-order valence-electron chi connectivity index (χ2n) is 7.52. The van der Waals surface area contributed by atoms with Crippen LogP contribution in [-0.2, 0) is 12.8 Å². The molecule has 30 heavy (non-hydrogen) atoms. The predicted molar refractivity (Wildman–Crippen MR) is 122 cm³/mol. The van der Waals surface area contributed by atoms with Gasteiger partial charge in [0.05, 0.1) is 4.88 Å². The summed E-state index contributed by atoms with van der Waals surface area (Å²) >= 11 is 1.39. The van der Waals surface area contributed by atoms with Crippen molar-refractivity contribution in [2.45, 2.75) is 25.7 Å². The minimum Gasteiger partial charge on any atom is -0.358 e. The standard InChI is InChI=1S/C24H21N3O2S/c28-23(15-10-11-21-19(13-15)18-7-1-2-8-20(18)27-21)25-16-5-3-6-17(14-16)26-24(29)22-9-4-12-30-22/h3-6,9-14,27H,1-2,7-8H2,(H,25,28)(H,26,29). The Hall–Kier alpha value is -3.38. The number of aromatic nitrogens is 1. The van der Waals surface area contributed by atoms with E-state index in [-0.39, 0.29) is 11.8 Å². The molecule has 5 rings (SSSR count). The molecule has 0 fully saturated rings. The van der Waals surface area contributed by atoms with Crippen LogP contribution in [0, 0.1) is 0 Å². The quantitative estimate of drug-likeness (QED) is 0.405. The second-order valence-corrected chi connectivity index (χ2v) is 8.46. The Morgan fingerprint density at radius 2 is 1.67 bits per heavy atom. The first kappa shape index (κ1) is 18.6. The number of hydrogen-bond donors (Lipinski definition) is 3. The number of amides is 2. The van der Waals surface area contributed by atoms with E-state index < -0.39 is 0 Å². The molecule has 0 atom stereocenters. The molecule has 0 radical (unpaired) electrons. The van der Waals surface area contributed by atoms with Crippen LogP contribution in [0.1, 0.15) is 44.1 Å². The highest BCUT2D eigenvalue weighted by molar-refractivity contribution is 7.12. The zero-order valence-corrected chi connectivity index (χ0v) is 17.1. The molecule has 150 valence electrons. The fourth-order valence-corrected chi connectivity index (χ4v) is 4.64. The largest absolute Gasteiger partial charge is 0.358 e. The number of carbonyl (C=O) groups is 2. The third kappa shape index (κ3) is 3.62. The topological polar surface area (TPSA) is 74.0 Å². The van der Waals surface area contributed by atoms with Gasteiger partial charge in [-0.2, -0.15) is 0 Å². The van der Waals surface area contributed by atoms with Gasteiger partial charge in [0, 0.05) is 33.5 Å². The Morgan fingerprint density at radius 1 is 0.867 bits per heavy atom. The third-order valence-corrected chi connectivity index (χ3v) is 6.35. The number of rotatable bonds is 4. The zero-order valence-electron chi connectivity index (χ0n) is 16.3. The summed E-state index contributed by atoms with van der Waals surface area (Å²) < 4.78 is 0. The lowest BCUT2D eigenvalue weighted by Gasteiger charge is -2.11. The van der Waals surface area contributed by atoms with Crippen LogP contribution in [0.15, 0.2) is 60.0 Å². The molecule has 6 heteroatoms. The van der Waals surface area contributed by atoms with Crippen LogP contribution < -0.4 is 10.6 Å². The van der Waals surface area contributed by atoms with Gasteiger partial charge in [0.1, 0.15) is 0 Å². The van der Waals surface area contributed by atoms with Crippen LogP contribution in [0.2, 0.25) is 0 Å². The van der Waals surface area contributed by atoms with Crippen molar-refractivity contribution in [3.8, 4) is 0 Å². The average Bonchev–Trinajstić information content (AvgIpc) is 3.42. The lowest BCUT2D eigenvalue weighted by atomic mass is 9.95. The van der Waals surface area contributed by atoms with E-state index in [4.69, 9.17) is 0 Å². The van der Waals surface area contributed by atoms with E-state index in [0.29, 0.717) is 21.8 Å². The SMILES string of the molecule is O=C(Nc1cccc(NC(=O)c2cccs2)c1)c1ccc2[nH]c3c(c2c1)CCCC3. The summed E-state index contributed by atoms with van der Waals surface area (Å²) in [6.45, 7) is 0. The van der Waals surface area contributed by atoms with Crippen molar-refractivity contribution in [2.75, 3.05) is 10.6 Å². The predicted octanol–water partition coefficient (Wildman–Crippen LogP) is 5.61. The molecule has 2 amide bonds. The van der Waals surface area contributed by atoms with E-state index in [9.17, 15) is 9.59 Å². The maximum atomic E-state index is 12.9. The number of fused-ring (bicyclic) bond motifs is 3. The van der Waals surface area contributed by atoms with Crippen LogP contribution >= 0.6 is 11.3 Å². The number of hydrogen-bond acceptors (Lipinski definition) is 3. The van der Waals surface area contributed by atoms with Gasteiger partial charge in [-0.3, -0.25) is 9.59 Å². The maximum absolute atomic E-state index is 12.9. The third-order valence-electron chi connectivity index (χ3n) is 5.48. The summed E-state index contributed by atoms with van der Waals surface area (Å²) in [6.07, 6.45) is 4.55. The first-order valence-corrected chi connectivity index (χ1v) is 10.9. The molecule has 3 N–H and O–H groups in total. The smallest absolute Gasteiger partial charge is 0.265 e. The molecular formula is C24H21N3O2S. The summed E-state index contributed by atoms with van der Waals surface area (Å²) in [4.78, 5) is 29.3. The van der Waals surface area contributed by atoms with E-state index in [1.54, 1.807) is 18.2 Å². The lowest BCUT2D eigenvalue weighted by molar-refractivity contribution is 0.102. The van der Waals surface area contributed by atoms with Crippen molar-refractivity contribution >= 4 is 45.4 Å². The van der Waals surface area contributed by atoms with Crippen LogP contribution in [0.4, 0.5) is 11.4 Å². The zero-order chi connectivity index (χ0) is 20.5. The highest BCUT2D eigenvalue weighted by Gasteiger charge is 2.17. The second kappa shape index (κ2) is 7.80. The highest BCUT2D eigenvalue weighted by atomic mass is 32.1. The normalized spacial score (nSPS) is 13.1. The molecular weight excluding hydrogens is 394 g/mol. The molecule has 0 spiro atoms. The molecule has 4 aromatic rings. The highest BCUT2D eigenvalue weighted by Crippen LogP contribution is 2.30.